The summed E-state index contributed by atoms with van der Waals surface area (Å²) in [6, 6.07) is 4.63. The molecule has 5 nitrogen and oxygen atoms in total. The van der Waals surface area contributed by atoms with Crippen LogP contribution in [0, 0.1) is 0 Å². The molecule has 0 fully saturated rings. The number of nitrogens with one attached hydrogen (secondary N) is 1. The topological polar surface area (TPSA) is 98.2 Å². The van der Waals surface area contributed by atoms with E-state index in [4.69, 9.17) is 23.1 Å². The van der Waals surface area contributed by atoms with Gasteiger partial charge in [0.15, 0.2) is 0 Å². The number of carbonyl (C=O) groups excluding carboxylic acids is 2. The Balaban J connectivity index is 2.42. The number of hydrogen-bond donors (Lipinski definition) is 3. The molecule has 1 aromatic rings. The van der Waals surface area contributed by atoms with Gasteiger partial charge in [0.2, 0.25) is 11.8 Å². The Hall–Kier alpha value is -1.59. The van der Waals surface area contributed by atoms with E-state index in [2.05, 4.69) is 5.32 Å². The van der Waals surface area contributed by atoms with Crippen LogP contribution in [0.4, 0.5) is 5.69 Å². The molecule has 0 aliphatic rings. The van der Waals surface area contributed by atoms with E-state index >= 15 is 0 Å². The van der Waals surface area contributed by atoms with Gasteiger partial charge in [0.1, 0.15) is 0 Å². The van der Waals surface area contributed by atoms with Gasteiger partial charge in [0.05, 0.1) is 10.6 Å². The molecule has 20 heavy (non-hydrogen) atoms. The van der Waals surface area contributed by atoms with Crippen LogP contribution in [0.3, 0.4) is 0 Å². The molecule has 1 rings (SSSR count). The summed E-state index contributed by atoms with van der Waals surface area (Å²) in [5.41, 5.74) is 11.4. The van der Waals surface area contributed by atoms with Crippen molar-refractivity contribution < 1.29 is 9.59 Å². The minimum atomic E-state index is -0.590. The fraction of sp³-hybridized carbons (Fsp3) is 0.429. The standard InChI is InChI=1S/C14H20ClN3O2/c15-12-9-10(6-7-11(12)14(17)20)18-13(19)5-3-1-2-4-8-16/h6-7,9H,1-5,8,16H2,(H2,17,20)(H,18,19). The third-order valence-corrected chi connectivity index (χ3v) is 3.19. The van der Waals surface area contributed by atoms with E-state index in [1.165, 1.54) is 12.1 Å². The second-order valence-corrected chi connectivity index (χ2v) is 4.97. The molecule has 0 aliphatic heterocycles. The summed E-state index contributed by atoms with van der Waals surface area (Å²) < 4.78 is 0. The summed E-state index contributed by atoms with van der Waals surface area (Å²) in [5, 5.41) is 2.97. The third kappa shape index (κ3) is 5.59. The average Bonchev–Trinajstić information content (AvgIpc) is 2.38. The zero-order chi connectivity index (χ0) is 15.0. The molecule has 110 valence electrons. The fourth-order valence-electron chi connectivity index (χ4n) is 1.80. The van der Waals surface area contributed by atoms with Crippen LogP contribution >= 0.6 is 11.6 Å². The van der Waals surface area contributed by atoms with Gasteiger partial charge in [-0.05, 0) is 37.6 Å². The molecule has 1 aromatic carbocycles. The highest BCUT2D eigenvalue weighted by Crippen LogP contribution is 2.20. The molecule has 0 unspecified atom stereocenters. The molecule has 2 amide bonds. The minimum Gasteiger partial charge on any atom is -0.366 e. The predicted molar refractivity (Wildman–Crippen MR) is 80.7 cm³/mol. The number of primary amides is 1. The van der Waals surface area contributed by atoms with Crippen molar-refractivity contribution >= 4 is 29.1 Å². The van der Waals surface area contributed by atoms with Crippen molar-refractivity contribution in [2.24, 2.45) is 11.5 Å². The summed E-state index contributed by atoms with van der Waals surface area (Å²) in [4.78, 5) is 22.7. The molecular weight excluding hydrogens is 278 g/mol. The Labute approximate surface area is 123 Å². The summed E-state index contributed by atoms with van der Waals surface area (Å²) in [6.45, 7) is 0.691. The number of halogens is 1. The first-order valence-electron chi connectivity index (χ1n) is 6.64. The zero-order valence-electron chi connectivity index (χ0n) is 11.3. The number of rotatable bonds is 8. The number of amides is 2. The van der Waals surface area contributed by atoms with E-state index in [1.807, 2.05) is 0 Å². The maximum atomic E-state index is 11.7. The quantitative estimate of drug-likeness (QED) is 0.642. The summed E-state index contributed by atoms with van der Waals surface area (Å²) in [5.74, 6) is -0.659. The number of carbonyl (C=O) groups is 2. The molecular formula is C14H20ClN3O2. The molecule has 0 aromatic heterocycles. The van der Waals surface area contributed by atoms with Crippen LogP contribution in [0.25, 0.3) is 0 Å². The monoisotopic (exact) mass is 297 g/mol. The lowest BCUT2D eigenvalue weighted by Crippen LogP contribution is -2.13. The smallest absolute Gasteiger partial charge is 0.250 e. The second kappa shape index (κ2) is 8.55. The van der Waals surface area contributed by atoms with Crippen LogP contribution in [-0.2, 0) is 4.79 Å². The van der Waals surface area contributed by atoms with Crippen LogP contribution in [0.5, 0.6) is 0 Å². The first-order valence-corrected chi connectivity index (χ1v) is 7.01. The van der Waals surface area contributed by atoms with E-state index < -0.39 is 5.91 Å². The number of nitrogens with two attached hydrogens (primary N) is 2. The Morgan fingerprint density at radius 2 is 1.85 bits per heavy atom. The van der Waals surface area contributed by atoms with Gasteiger partial charge in [-0.3, -0.25) is 9.59 Å². The van der Waals surface area contributed by atoms with Crippen molar-refractivity contribution in [1.82, 2.24) is 0 Å². The molecule has 0 spiro atoms. The number of benzene rings is 1. The fourth-order valence-corrected chi connectivity index (χ4v) is 2.07. The largest absolute Gasteiger partial charge is 0.366 e. The second-order valence-electron chi connectivity index (χ2n) is 4.56. The molecule has 0 saturated heterocycles. The number of unbranched alkanes of at least 4 members (excludes halogenated alkanes) is 3. The van der Waals surface area contributed by atoms with Gasteiger partial charge in [-0.15, -0.1) is 0 Å². The van der Waals surface area contributed by atoms with Gasteiger partial charge in [-0.1, -0.05) is 24.4 Å². The first-order chi connectivity index (χ1) is 9.54. The SMILES string of the molecule is NCCCCCCC(=O)Nc1ccc(C(N)=O)c(Cl)c1. The number of anilines is 1. The maximum Gasteiger partial charge on any atom is 0.250 e. The molecule has 0 saturated carbocycles. The van der Waals surface area contributed by atoms with Gasteiger partial charge >= 0.3 is 0 Å². The lowest BCUT2D eigenvalue weighted by atomic mass is 10.1. The van der Waals surface area contributed by atoms with Crippen molar-refractivity contribution in [3.05, 3.63) is 28.8 Å². The Morgan fingerprint density at radius 1 is 1.15 bits per heavy atom. The minimum absolute atomic E-state index is 0.0689. The van der Waals surface area contributed by atoms with Crippen LogP contribution in [-0.4, -0.2) is 18.4 Å². The van der Waals surface area contributed by atoms with Crippen LogP contribution < -0.4 is 16.8 Å². The highest BCUT2D eigenvalue weighted by atomic mass is 35.5. The maximum absolute atomic E-state index is 11.7. The molecule has 0 heterocycles. The van der Waals surface area contributed by atoms with Crippen molar-refractivity contribution in [2.45, 2.75) is 32.1 Å². The molecule has 5 N–H and O–H groups in total. The van der Waals surface area contributed by atoms with Crippen molar-refractivity contribution in [2.75, 3.05) is 11.9 Å². The van der Waals surface area contributed by atoms with Gasteiger partial charge in [0, 0.05) is 12.1 Å². The first kappa shape index (κ1) is 16.5. The molecule has 0 bridgehead atoms. The van der Waals surface area contributed by atoms with Crippen LogP contribution in [0.2, 0.25) is 5.02 Å². The summed E-state index contributed by atoms with van der Waals surface area (Å²) in [7, 11) is 0. The average molecular weight is 298 g/mol. The summed E-state index contributed by atoms with van der Waals surface area (Å²) in [6.07, 6.45) is 4.32. The lowest BCUT2D eigenvalue weighted by molar-refractivity contribution is -0.116. The Bertz CT molecular complexity index is 477. The molecule has 0 radical (unpaired) electrons. The van der Waals surface area contributed by atoms with E-state index in [0.717, 1.165) is 25.7 Å². The molecule has 0 atom stereocenters. The zero-order valence-corrected chi connectivity index (χ0v) is 12.1. The van der Waals surface area contributed by atoms with Gasteiger partial charge in [0.25, 0.3) is 0 Å². The van der Waals surface area contributed by atoms with E-state index in [-0.39, 0.29) is 16.5 Å². The Kier molecular flexibility index (Phi) is 7.04. The van der Waals surface area contributed by atoms with Gasteiger partial charge in [-0.2, -0.15) is 0 Å². The van der Waals surface area contributed by atoms with E-state index in [0.29, 0.717) is 18.7 Å². The molecule has 6 heteroatoms. The lowest BCUT2D eigenvalue weighted by Gasteiger charge is -2.07. The normalized spacial score (nSPS) is 10.3. The third-order valence-electron chi connectivity index (χ3n) is 2.88. The van der Waals surface area contributed by atoms with E-state index in [1.54, 1.807) is 6.07 Å². The predicted octanol–water partition coefficient (Wildman–Crippen LogP) is 2.29. The van der Waals surface area contributed by atoms with Crippen LogP contribution in [0.15, 0.2) is 18.2 Å². The van der Waals surface area contributed by atoms with Crippen molar-refractivity contribution in [1.29, 1.82) is 0 Å². The van der Waals surface area contributed by atoms with Gasteiger partial charge < -0.3 is 16.8 Å². The number of hydrogen-bond acceptors (Lipinski definition) is 3. The Morgan fingerprint density at radius 3 is 2.45 bits per heavy atom. The van der Waals surface area contributed by atoms with E-state index in [9.17, 15) is 9.59 Å². The van der Waals surface area contributed by atoms with Crippen molar-refractivity contribution in [3.8, 4) is 0 Å². The molecule has 0 aliphatic carbocycles. The summed E-state index contributed by atoms with van der Waals surface area (Å²) >= 11 is 5.91. The highest BCUT2D eigenvalue weighted by Gasteiger charge is 2.08. The van der Waals surface area contributed by atoms with Crippen LogP contribution in [0.1, 0.15) is 42.5 Å². The van der Waals surface area contributed by atoms with Gasteiger partial charge in [-0.25, -0.2) is 0 Å². The van der Waals surface area contributed by atoms with Crippen molar-refractivity contribution in [3.63, 3.8) is 0 Å². The highest BCUT2D eigenvalue weighted by molar-refractivity contribution is 6.34.